The van der Waals surface area contributed by atoms with Gasteiger partial charge >= 0.3 is 5.97 Å². The maximum Gasteiger partial charge on any atom is 0.328 e. The minimum Gasteiger partial charge on any atom is -0.480 e. The molecule has 1 aliphatic heterocycles. The Morgan fingerprint density at radius 3 is 2.79 bits per heavy atom. The van der Waals surface area contributed by atoms with E-state index in [-0.39, 0.29) is 5.82 Å². The fraction of sp³-hybridized carbons (Fsp3) is 0.500. The number of halogens is 1. The van der Waals surface area contributed by atoms with Crippen LogP contribution in [-0.4, -0.2) is 42.2 Å². The normalized spacial score (nSPS) is 27.2. The maximum absolute atomic E-state index is 13.8. The molecule has 102 valence electrons. The van der Waals surface area contributed by atoms with Crippen LogP contribution in [0.1, 0.15) is 17.5 Å². The lowest BCUT2D eigenvalue weighted by molar-refractivity contribution is -0.153. The average molecular weight is 264 g/mol. The summed E-state index contributed by atoms with van der Waals surface area (Å²) in [6.07, 6.45) is 0.955. The van der Waals surface area contributed by atoms with Gasteiger partial charge in [0.1, 0.15) is 11.4 Å². The molecule has 1 heterocycles. The Hall–Kier alpha value is -1.46. The second kappa shape index (κ2) is 4.58. The number of piperazine rings is 1. The number of nitrogens with one attached hydrogen (secondary N) is 1. The monoisotopic (exact) mass is 264 g/mol. The molecule has 1 aromatic rings. The highest BCUT2D eigenvalue weighted by Gasteiger charge is 2.50. The Morgan fingerprint density at radius 2 is 2.11 bits per heavy atom. The molecule has 1 unspecified atom stereocenters. The van der Waals surface area contributed by atoms with Gasteiger partial charge in [-0.25, -0.2) is 9.18 Å². The van der Waals surface area contributed by atoms with Crippen LogP contribution >= 0.6 is 0 Å². The molecule has 5 heteroatoms. The topological polar surface area (TPSA) is 52.6 Å². The molecule has 1 aromatic carbocycles. The van der Waals surface area contributed by atoms with Crippen LogP contribution in [0.3, 0.4) is 0 Å². The molecule has 2 N–H and O–H groups in total. The third-order valence-corrected chi connectivity index (χ3v) is 4.31. The summed E-state index contributed by atoms with van der Waals surface area (Å²) in [4.78, 5) is 13.9. The van der Waals surface area contributed by atoms with Crippen LogP contribution in [0.15, 0.2) is 18.2 Å². The molecule has 1 atom stereocenters. The van der Waals surface area contributed by atoms with Crippen molar-refractivity contribution < 1.29 is 14.3 Å². The van der Waals surface area contributed by atoms with Crippen molar-refractivity contribution in [2.75, 3.05) is 26.2 Å². The van der Waals surface area contributed by atoms with Crippen molar-refractivity contribution in [2.24, 2.45) is 0 Å². The molecule has 4 nitrogen and oxygen atoms in total. The molecule has 0 amide bonds. The smallest absolute Gasteiger partial charge is 0.328 e. The van der Waals surface area contributed by atoms with E-state index in [9.17, 15) is 14.3 Å². The Labute approximate surface area is 111 Å². The number of nitrogens with zero attached hydrogens (tertiary/aromatic N) is 1. The second-order valence-corrected chi connectivity index (χ2v) is 5.17. The van der Waals surface area contributed by atoms with Gasteiger partial charge in [-0.15, -0.1) is 0 Å². The fourth-order valence-electron chi connectivity index (χ4n) is 3.37. The SMILES string of the molecule is O=C(O)C1(N2CCNCC2)CCc2c(F)cccc21. The van der Waals surface area contributed by atoms with Crippen LogP contribution < -0.4 is 5.32 Å². The van der Waals surface area contributed by atoms with Crippen LogP contribution in [-0.2, 0) is 16.8 Å². The number of aliphatic carboxylic acids is 1. The standard InChI is InChI=1S/C14H17FN2O2/c15-12-3-1-2-11-10(12)4-5-14(11,13(18)19)17-8-6-16-7-9-17/h1-3,16H,4-9H2,(H,18,19). The Kier molecular flexibility index (Phi) is 3.03. The summed E-state index contributed by atoms with van der Waals surface area (Å²) in [7, 11) is 0. The molecule has 0 spiro atoms. The van der Waals surface area contributed by atoms with Gasteiger partial charge in [0, 0.05) is 26.2 Å². The van der Waals surface area contributed by atoms with E-state index in [2.05, 4.69) is 5.32 Å². The van der Waals surface area contributed by atoms with E-state index in [1.165, 1.54) is 6.07 Å². The van der Waals surface area contributed by atoms with Crippen molar-refractivity contribution in [3.8, 4) is 0 Å². The number of hydrogen-bond acceptors (Lipinski definition) is 3. The highest BCUT2D eigenvalue weighted by molar-refractivity contribution is 5.82. The average Bonchev–Trinajstić information content (AvgIpc) is 2.82. The highest BCUT2D eigenvalue weighted by Crippen LogP contribution is 2.43. The van der Waals surface area contributed by atoms with E-state index < -0.39 is 11.5 Å². The van der Waals surface area contributed by atoms with Crippen molar-refractivity contribution >= 4 is 5.97 Å². The number of benzene rings is 1. The third-order valence-electron chi connectivity index (χ3n) is 4.31. The molecule has 0 aromatic heterocycles. The van der Waals surface area contributed by atoms with Crippen LogP contribution in [0.25, 0.3) is 0 Å². The lowest BCUT2D eigenvalue weighted by atomic mass is 9.89. The summed E-state index contributed by atoms with van der Waals surface area (Å²) in [6.45, 7) is 2.92. The summed E-state index contributed by atoms with van der Waals surface area (Å²) in [6, 6.07) is 4.79. The Morgan fingerprint density at radius 1 is 1.37 bits per heavy atom. The fourth-order valence-corrected chi connectivity index (χ4v) is 3.37. The van der Waals surface area contributed by atoms with Crippen molar-refractivity contribution in [3.63, 3.8) is 0 Å². The van der Waals surface area contributed by atoms with Gasteiger partial charge in [-0.2, -0.15) is 0 Å². The Bertz CT molecular complexity index is 514. The molecule has 1 fully saturated rings. The van der Waals surface area contributed by atoms with Gasteiger partial charge < -0.3 is 10.4 Å². The van der Waals surface area contributed by atoms with Gasteiger partial charge in [0.05, 0.1) is 0 Å². The minimum absolute atomic E-state index is 0.282. The molecule has 1 aliphatic carbocycles. The quantitative estimate of drug-likeness (QED) is 0.835. The van der Waals surface area contributed by atoms with Crippen molar-refractivity contribution in [3.05, 3.63) is 35.1 Å². The van der Waals surface area contributed by atoms with E-state index in [4.69, 9.17) is 0 Å². The molecule has 1 saturated heterocycles. The number of hydrogen-bond donors (Lipinski definition) is 2. The lowest BCUT2D eigenvalue weighted by Gasteiger charge is -2.41. The number of carbonyl (C=O) groups is 1. The summed E-state index contributed by atoms with van der Waals surface area (Å²) in [5.74, 6) is -1.14. The molecule has 0 radical (unpaired) electrons. The van der Waals surface area contributed by atoms with Gasteiger partial charge in [-0.1, -0.05) is 12.1 Å². The minimum atomic E-state index is -1.04. The largest absolute Gasteiger partial charge is 0.480 e. The first kappa shape index (κ1) is 12.6. The predicted molar refractivity (Wildman–Crippen MR) is 68.5 cm³/mol. The number of rotatable bonds is 2. The first-order valence-corrected chi connectivity index (χ1v) is 6.63. The summed E-state index contributed by atoms with van der Waals surface area (Å²) in [5, 5.41) is 13.0. The van der Waals surface area contributed by atoms with Crippen LogP contribution in [0, 0.1) is 5.82 Å². The molecule has 0 saturated carbocycles. The van der Waals surface area contributed by atoms with E-state index in [0.717, 1.165) is 13.1 Å². The van der Waals surface area contributed by atoms with E-state index >= 15 is 0 Å². The van der Waals surface area contributed by atoms with Gasteiger partial charge in [0.2, 0.25) is 0 Å². The first-order chi connectivity index (χ1) is 9.16. The van der Waals surface area contributed by atoms with Crippen LogP contribution in [0.4, 0.5) is 4.39 Å². The molecule has 0 bridgehead atoms. The van der Waals surface area contributed by atoms with Gasteiger partial charge in [-0.05, 0) is 30.0 Å². The number of fused-ring (bicyclic) bond motifs is 1. The molecule has 19 heavy (non-hydrogen) atoms. The zero-order valence-corrected chi connectivity index (χ0v) is 10.7. The predicted octanol–water partition coefficient (Wildman–Crippen LogP) is 0.957. The van der Waals surface area contributed by atoms with Gasteiger partial charge in [0.25, 0.3) is 0 Å². The number of carboxylic acids is 1. The lowest BCUT2D eigenvalue weighted by Crippen LogP contribution is -2.57. The van der Waals surface area contributed by atoms with E-state index in [1.54, 1.807) is 12.1 Å². The molecular formula is C14H17FN2O2. The third kappa shape index (κ3) is 1.76. The maximum atomic E-state index is 13.8. The molecule has 3 rings (SSSR count). The summed E-state index contributed by atoms with van der Waals surface area (Å²) >= 11 is 0. The van der Waals surface area contributed by atoms with Gasteiger partial charge in [0.15, 0.2) is 0 Å². The molecular weight excluding hydrogens is 247 g/mol. The summed E-state index contributed by atoms with van der Waals surface area (Å²) in [5.41, 5.74) is 0.171. The summed E-state index contributed by atoms with van der Waals surface area (Å²) < 4.78 is 13.8. The van der Waals surface area contributed by atoms with Gasteiger partial charge in [-0.3, -0.25) is 4.90 Å². The zero-order valence-electron chi connectivity index (χ0n) is 10.7. The van der Waals surface area contributed by atoms with Crippen LogP contribution in [0.5, 0.6) is 0 Å². The Balaban J connectivity index is 2.09. The zero-order chi connectivity index (χ0) is 13.5. The van der Waals surface area contributed by atoms with Crippen molar-refractivity contribution in [1.82, 2.24) is 10.2 Å². The second-order valence-electron chi connectivity index (χ2n) is 5.17. The van der Waals surface area contributed by atoms with E-state index in [0.29, 0.717) is 37.1 Å². The molecule has 2 aliphatic rings. The van der Waals surface area contributed by atoms with E-state index in [1.807, 2.05) is 4.90 Å². The van der Waals surface area contributed by atoms with Crippen LogP contribution in [0.2, 0.25) is 0 Å². The first-order valence-electron chi connectivity index (χ1n) is 6.63. The highest BCUT2D eigenvalue weighted by atomic mass is 19.1. The van der Waals surface area contributed by atoms with Crippen molar-refractivity contribution in [1.29, 1.82) is 0 Å². The van der Waals surface area contributed by atoms with Crippen molar-refractivity contribution in [2.45, 2.75) is 18.4 Å². The number of carboxylic acid groups (broad SMARTS) is 1.